The summed E-state index contributed by atoms with van der Waals surface area (Å²) in [4.78, 5) is 73.0. The average molecular weight is 1480 g/mol. The highest BCUT2D eigenvalue weighted by atomic mass is 31.2. The van der Waals surface area contributed by atoms with Crippen LogP contribution in [0.2, 0.25) is 0 Å². The summed E-state index contributed by atoms with van der Waals surface area (Å²) in [5, 5.41) is 10.6. The minimum atomic E-state index is -4.96. The Morgan fingerprint density at radius 2 is 0.475 bits per heavy atom. The maximum atomic E-state index is 13.1. The first-order valence-electron chi connectivity index (χ1n) is 42.3. The lowest BCUT2D eigenvalue weighted by Crippen LogP contribution is -2.30. The fraction of sp³-hybridized carbons (Fsp3) is 0.951. The van der Waals surface area contributed by atoms with Crippen LogP contribution in [0.3, 0.4) is 0 Å². The molecule has 0 bridgehead atoms. The standard InChI is InChI=1S/C82H160O17P2/c1-9-73(6)59-51-43-34-28-24-20-16-14-12-13-15-17-22-26-30-38-48-56-65-82(87)99-78(69-93-80(85)63-55-47-41-40-42-50-58-72(4)5)71-97-101(90,91)95-67-76(83)66-94-100(88,89)96-70-77(68-92-79(84)62-54-46-37-33-32-36-45-53-61-75(8)11-3)98-81(86)64-57-49-39-31-27-23-19-18-21-25-29-35-44-52-60-74(7)10-2/h72-78,83H,9-71H2,1-8H3,(H,88,89)(H,90,91)/t73?,74?,75?,76-,77-,78-/m1/s1. The molecule has 101 heavy (non-hydrogen) atoms. The van der Waals surface area contributed by atoms with E-state index in [4.69, 9.17) is 37.0 Å². The van der Waals surface area contributed by atoms with Crippen LogP contribution in [0.15, 0.2) is 0 Å². The van der Waals surface area contributed by atoms with Crippen molar-refractivity contribution in [1.82, 2.24) is 0 Å². The van der Waals surface area contributed by atoms with Crippen LogP contribution in [0.4, 0.5) is 0 Å². The zero-order valence-electron chi connectivity index (χ0n) is 66.5. The van der Waals surface area contributed by atoms with E-state index in [1.807, 2.05) is 0 Å². The van der Waals surface area contributed by atoms with Crippen molar-refractivity contribution in [3.05, 3.63) is 0 Å². The van der Waals surface area contributed by atoms with Crippen molar-refractivity contribution in [3.8, 4) is 0 Å². The number of carbonyl (C=O) groups is 4. The normalized spacial score (nSPS) is 14.8. The Labute approximate surface area is 619 Å². The lowest BCUT2D eigenvalue weighted by molar-refractivity contribution is -0.161. The molecule has 0 aromatic rings. The molecule has 0 aliphatic heterocycles. The Kier molecular flexibility index (Phi) is 69.6. The van der Waals surface area contributed by atoms with E-state index in [-0.39, 0.29) is 25.7 Å². The number of hydrogen-bond acceptors (Lipinski definition) is 15. The van der Waals surface area contributed by atoms with Gasteiger partial charge in [0.25, 0.3) is 0 Å². The number of rotatable bonds is 79. The third-order valence-corrected chi connectivity index (χ3v) is 22.1. The summed E-state index contributed by atoms with van der Waals surface area (Å²) < 4.78 is 68.7. The predicted octanol–water partition coefficient (Wildman–Crippen LogP) is 24.4. The second kappa shape index (κ2) is 71.0. The van der Waals surface area contributed by atoms with Crippen LogP contribution in [0.1, 0.15) is 421 Å². The summed E-state index contributed by atoms with van der Waals surface area (Å²) in [7, 11) is -9.92. The summed E-state index contributed by atoms with van der Waals surface area (Å²) in [6.07, 6.45) is 58.4. The van der Waals surface area contributed by atoms with Crippen molar-refractivity contribution in [2.45, 2.75) is 440 Å². The third-order valence-electron chi connectivity index (χ3n) is 20.2. The summed E-state index contributed by atoms with van der Waals surface area (Å²) in [6, 6.07) is 0. The van der Waals surface area contributed by atoms with Gasteiger partial charge in [-0.05, 0) is 49.4 Å². The number of aliphatic hydroxyl groups is 1. The lowest BCUT2D eigenvalue weighted by atomic mass is 9.99. The van der Waals surface area contributed by atoms with Gasteiger partial charge in [0.2, 0.25) is 0 Å². The molecule has 0 saturated carbocycles. The molecule has 0 aromatic heterocycles. The highest BCUT2D eigenvalue weighted by Crippen LogP contribution is 2.45. The fourth-order valence-corrected chi connectivity index (χ4v) is 14.1. The Morgan fingerprint density at radius 1 is 0.277 bits per heavy atom. The molecular formula is C82H160O17P2. The first kappa shape index (κ1) is 99.1. The van der Waals surface area contributed by atoms with Crippen LogP contribution in [-0.2, 0) is 65.4 Å². The number of esters is 4. The maximum absolute atomic E-state index is 13.1. The number of aliphatic hydroxyl groups excluding tert-OH is 1. The number of phosphoric ester groups is 2. The van der Waals surface area contributed by atoms with Gasteiger partial charge in [0.15, 0.2) is 12.2 Å². The number of ether oxygens (including phenoxy) is 4. The van der Waals surface area contributed by atoms with E-state index in [1.54, 1.807) is 0 Å². The van der Waals surface area contributed by atoms with E-state index in [1.165, 1.54) is 218 Å². The predicted molar refractivity (Wildman–Crippen MR) is 414 cm³/mol. The van der Waals surface area contributed by atoms with Crippen molar-refractivity contribution >= 4 is 39.5 Å². The minimum Gasteiger partial charge on any atom is -0.462 e. The first-order chi connectivity index (χ1) is 48.7. The largest absolute Gasteiger partial charge is 0.472 e. The molecule has 0 rings (SSSR count). The molecule has 0 aliphatic carbocycles. The smallest absolute Gasteiger partial charge is 0.462 e. The molecule has 0 radical (unpaired) electrons. The molecule has 600 valence electrons. The van der Waals surface area contributed by atoms with Gasteiger partial charge < -0.3 is 33.8 Å². The van der Waals surface area contributed by atoms with Crippen LogP contribution in [0.25, 0.3) is 0 Å². The Bertz CT molecular complexity index is 1980. The van der Waals surface area contributed by atoms with Crippen molar-refractivity contribution < 1.29 is 80.2 Å². The number of hydrogen-bond donors (Lipinski definition) is 3. The molecular weight excluding hydrogens is 1320 g/mol. The quantitative estimate of drug-likeness (QED) is 0.0222. The molecule has 0 aliphatic rings. The maximum Gasteiger partial charge on any atom is 0.472 e. The van der Waals surface area contributed by atoms with Crippen LogP contribution in [-0.4, -0.2) is 96.7 Å². The van der Waals surface area contributed by atoms with E-state index in [0.29, 0.717) is 31.6 Å². The van der Waals surface area contributed by atoms with Crippen LogP contribution < -0.4 is 0 Å². The average Bonchev–Trinajstić information content (AvgIpc) is 0.989. The molecule has 17 nitrogen and oxygen atoms in total. The van der Waals surface area contributed by atoms with Gasteiger partial charge in [-0.3, -0.25) is 37.3 Å². The van der Waals surface area contributed by atoms with E-state index < -0.39 is 97.5 Å². The minimum absolute atomic E-state index is 0.107. The van der Waals surface area contributed by atoms with Crippen LogP contribution >= 0.6 is 15.6 Å². The van der Waals surface area contributed by atoms with Crippen LogP contribution in [0.5, 0.6) is 0 Å². The molecule has 0 saturated heterocycles. The van der Waals surface area contributed by atoms with Crippen LogP contribution in [0, 0.1) is 23.7 Å². The van der Waals surface area contributed by atoms with Crippen molar-refractivity contribution in [1.29, 1.82) is 0 Å². The van der Waals surface area contributed by atoms with Gasteiger partial charge in [0.1, 0.15) is 19.3 Å². The van der Waals surface area contributed by atoms with Crippen molar-refractivity contribution in [2.24, 2.45) is 23.7 Å². The summed E-state index contributed by atoms with van der Waals surface area (Å²) in [6.45, 7) is 14.3. The molecule has 0 amide bonds. The fourth-order valence-electron chi connectivity index (χ4n) is 12.5. The Hall–Kier alpha value is -1.94. The monoisotopic (exact) mass is 1480 g/mol. The second-order valence-corrected chi connectivity index (χ2v) is 33.6. The molecule has 19 heteroatoms. The highest BCUT2D eigenvalue weighted by Gasteiger charge is 2.30. The molecule has 3 N–H and O–H groups in total. The second-order valence-electron chi connectivity index (χ2n) is 30.7. The van der Waals surface area contributed by atoms with Crippen molar-refractivity contribution in [2.75, 3.05) is 39.6 Å². The van der Waals surface area contributed by atoms with E-state index >= 15 is 0 Å². The molecule has 0 fully saturated rings. The number of carbonyl (C=O) groups excluding carboxylic acids is 4. The number of phosphoric acid groups is 2. The first-order valence-corrected chi connectivity index (χ1v) is 45.3. The van der Waals surface area contributed by atoms with Crippen molar-refractivity contribution in [3.63, 3.8) is 0 Å². The molecule has 0 aromatic carbocycles. The highest BCUT2D eigenvalue weighted by molar-refractivity contribution is 7.47. The van der Waals surface area contributed by atoms with Gasteiger partial charge in [-0.15, -0.1) is 0 Å². The molecule has 0 spiro atoms. The van der Waals surface area contributed by atoms with E-state index in [2.05, 4.69) is 55.4 Å². The number of unbranched alkanes of at least 4 members (excludes halogenated alkanes) is 42. The van der Waals surface area contributed by atoms with E-state index in [0.717, 1.165) is 114 Å². The molecule has 8 atom stereocenters. The Balaban J connectivity index is 5.17. The zero-order chi connectivity index (χ0) is 74.6. The lowest BCUT2D eigenvalue weighted by Gasteiger charge is -2.21. The van der Waals surface area contributed by atoms with Gasteiger partial charge in [0.05, 0.1) is 26.4 Å². The van der Waals surface area contributed by atoms with Gasteiger partial charge >= 0.3 is 39.5 Å². The van der Waals surface area contributed by atoms with Gasteiger partial charge in [0, 0.05) is 25.7 Å². The van der Waals surface area contributed by atoms with Gasteiger partial charge in [-0.2, -0.15) is 0 Å². The topological polar surface area (TPSA) is 237 Å². The summed E-state index contributed by atoms with van der Waals surface area (Å²) in [5.74, 6) is 1.06. The van der Waals surface area contributed by atoms with Gasteiger partial charge in [-0.1, -0.05) is 370 Å². The SMILES string of the molecule is CCC(C)CCCCCCCCCCCCCCCCCCCCC(=O)O[C@H](COC(=O)CCCCCCCCC(C)C)COP(=O)(O)OC[C@H](O)COP(=O)(O)OC[C@@H](COC(=O)CCCCCCCCCCC(C)CC)OC(=O)CCCCCCCCCCCCCCCCC(C)CC. The summed E-state index contributed by atoms with van der Waals surface area (Å²) >= 11 is 0. The van der Waals surface area contributed by atoms with Gasteiger partial charge in [-0.25, -0.2) is 9.13 Å². The Morgan fingerprint density at radius 3 is 0.703 bits per heavy atom. The zero-order valence-corrected chi connectivity index (χ0v) is 68.3. The molecule has 0 heterocycles. The molecule has 5 unspecified atom stereocenters. The van der Waals surface area contributed by atoms with E-state index in [9.17, 15) is 43.2 Å². The third kappa shape index (κ3) is 72.1. The summed E-state index contributed by atoms with van der Waals surface area (Å²) in [5.41, 5.74) is 0.